The van der Waals surface area contributed by atoms with Gasteiger partial charge in [-0.2, -0.15) is 14.6 Å². The number of morpholine rings is 1. The molecule has 1 aromatic rings. The zero-order valence-corrected chi connectivity index (χ0v) is 11.5. The predicted octanol–water partition coefficient (Wildman–Crippen LogP) is 0.380. The first kappa shape index (κ1) is 15.3. The highest BCUT2D eigenvalue weighted by Gasteiger charge is 2.34. The topological polar surface area (TPSA) is 99.8 Å². The highest BCUT2D eigenvalue weighted by atomic mass is 32.2. The van der Waals surface area contributed by atoms with Crippen molar-refractivity contribution < 1.29 is 22.3 Å². The molecule has 1 heterocycles. The van der Waals surface area contributed by atoms with Crippen molar-refractivity contribution >= 4 is 16.1 Å². The number of isocyanates is 1. The highest BCUT2D eigenvalue weighted by molar-refractivity contribution is 7.89. The molecule has 1 aliphatic heterocycles. The average Bonchev–Trinajstić information content (AvgIpc) is 2.48. The second-order valence-electron chi connectivity index (χ2n) is 4.15. The fourth-order valence-corrected chi connectivity index (χ4v) is 3.43. The van der Waals surface area contributed by atoms with Crippen LogP contribution in [-0.4, -0.2) is 44.7 Å². The van der Waals surface area contributed by atoms with Crippen LogP contribution in [0.5, 0.6) is 0 Å². The molecule has 1 saturated heterocycles. The van der Waals surface area contributed by atoms with Gasteiger partial charge in [-0.15, -0.1) is 0 Å². The van der Waals surface area contributed by atoms with E-state index in [2.05, 4.69) is 4.99 Å². The summed E-state index contributed by atoms with van der Waals surface area (Å²) in [5.41, 5.74) is -0.375. The molecule has 1 aromatic carbocycles. The lowest BCUT2D eigenvalue weighted by Gasteiger charge is -2.31. The molecule has 7 nitrogen and oxygen atoms in total. The molecule has 2 rings (SSSR count). The molecule has 21 heavy (non-hydrogen) atoms. The monoisotopic (exact) mass is 311 g/mol. The number of ether oxygens (including phenoxy) is 1. The second kappa shape index (κ2) is 6.11. The summed E-state index contributed by atoms with van der Waals surface area (Å²) in [5, 5.41) is 8.77. The number of nitriles is 1. The van der Waals surface area contributed by atoms with Crippen molar-refractivity contribution in [1.29, 1.82) is 5.26 Å². The SMILES string of the molecule is N#Cc1cc(S(=O)(=O)N2CCOCC2N=C=O)ccc1F. The molecule has 0 amide bonds. The summed E-state index contributed by atoms with van der Waals surface area (Å²) in [5.74, 6) is -0.805. The predicted molar refractivity (Wildman–Crippen MR) is 67.7 cm³/mol. The van der Waals surface area contributed by atoms with Gasteiger partial charge in [-0.3, -0.25) is 0 Å². The first-order chi connectivity index (χ1) is 10.0. The molecule has 0 radical (unpaired) electrons. The number of hydrogen-bond acceptors (Lipinski definition) is 6. The average molecular weight is 311 g/mol. The van der Waals surface area contributed by atoms with E-state index in [1.54, 1.807) is 6.07 Å². The van der Waals surface area contributed by atoms with Crippen LogP contribution in [0.4, 0.5) is 4.39 Å². The van der Waals surface area contributed by atoms with E-state index in [-0.39, 0.29) is 30.2 Å². The smallest absolute Gasteiger partial charge is 0.245 e. The van der Waals surface area contributed by atoms with Gasteiger partial charge >= 0.3 is 0 Å². The maximum atomic E-state index is 13.3. The van der Waals surface area contributed by atoms with Crippen molar-refractivity contribution in [1.82, 2.24) is 4.31 Å². The Morgan fingerprint density at radius 2 is 2.24 bits per heavy atom. The molecular weight excluding hydrogens is 301 g/mol. The lowest BCUT2D eigenvalue weighted by Crippen LogP contribution is -2.47. The zero-order chi connectivity index (χ0) is 15.5. The Morgan fingerprint density at radius 3 is 2.90 bits per heavy atom. The van der Waals surface area contributed by atoms with Crippen LogP contribution in [0.25, 0.3) is 0 Å². The summed E-state index contributed by atoms with van der Waals surface area (Å²) in [6, 6.07) is 4.49. The third-order valence-electron chi connectivity index (χ3n) is 2.92. The van der Waals surface area contributed by atoms with Crippen LogP contribution in [0.2, 0.25) is 0 Å². The summed E-state index contributed by atoms with van der Waals surface area (Å²) in [6.45, 7) is 0.0780. The van der Waals surface area contributed by atoms with Crippen molar-refractivity contribution in [3.63, 3.8) is 0 Å². The molecule has 1 unspecified atom stereocenters. The van der Waals surface area contributed by atoms with Gasteiger partial charge in [0.25, 0.3) is 0 Å². The quantitative estimate of drug-likeness (QED) is 0.593. The van der Waals surface area contributed by atoms with E-state index in [4.69, 9.17) is 10.00 Å². The van der Waals surface area contributed by atoms with E-state index < -0.39 is 22.0 Å². The van der Waals surface area contributed by atoms with Gasteiger partial charge in [-0.1, -0.05) is 0 Å². The van der Waals surface area contributed by atoms with E-state index in [0.717, 1.165) is 22.5 Å². The summed E-state index contributed by atoms with van der Waals surface area (Å²) in [7, 11) is -4.02. The van der Waals surface area contributed by atoms with Crippen LogP contribution in [-0.2, 0) is 19.6 Å². The van der Waals surface area contributed by atoms with Gasteiger partial charge in [0.1, 0.15) is 11.9 Å². The van der Waals surface area contributed by atoms with Crippen molar-refractivity contribution in [2.45, 2.75) is 11.1 Å². The van der Waals surface area contributed by atoms with Crippen LogP contribution in [0, 0.1) is 17.1 Å². The third-order valence-corrected chi connectivity index (χ3v) is 4.81. The number of rotatable bonds is 3. The fourth-order valence-electron chi connectivity index (χ4n) is 1.90. The number of carbonyl (C=O) groups excluding carboxylic acids is 1. The Bertz CT molecular complexity index is 737. The first-order valence-corrected chi connectivity index (χ1v) is 7.31. The summed E-state index contributed by atoms with van der Waals surface area (Å²) < 4.78 is 44.3. The maximum absolute atomic E-state index is 13.3. The molecule has 1 aliphatic rings. The number of sulfonamides is 1. The Balaban J connectivity index is 2.45. The van der Waals surface area contributed by atoms with E-state index in [0.29, 0.717) is 0 Å². The van der Waals surface area contributed by atoms with Gasteiger partial charge in [-0.05, 0) is 18.2 Å². The molecule has 0 aromatic heterocycles. The van der Waals surface area contributed by atoms with Crippen LogP contribution in [0.1, 0.15) is 5.56 Å². The molecule has 0 aliphatic carbocycles. The Morgan fingerprint density at radius 1 is 1.48 bits per heavy atom. The molecule has 0 bridgehead atoms. The van der Waals surface area contributed by atoms with E-state index in [9.17, 15) is 17.6 Å². The molecule has 0 spiro atoms. The van der Waals surface area contributed by atoms with E-state index in [1.165, 1.54) is 6.08 Å². The summed E-state index contributed by atoms with van der Waals surface area (Å²) >= 11 is 0. The zero-order valence-electron chi connectivity index (χ0n) is 10.7. The minimum absolute atomic E-state index is 0.00254. The van der Waals surface area contributed by atoms with Crippen molar-refractivity contribution in [3.05, 3.63) is 29.6 Å². The molecule has 9 heteroatoms. The standard InChI is InChI=1S/C12H10FN3O4S/c13-11-2-1-10(5-9(11)6-14)21(18,19)16-3-4-20-7-12(16)15-8-17/h1-2,5,12H,3-4,7H2. The fraction of sp³-hybridized carbons (Fsp3) is 0.333. The molecular formula is C12H10FN3O4S. The molecule has 0 N–H and O–H groups in total. The minimum atomic E-state index is -4.02. The van der Waals surface area contributed by atoms with Crippen molar-refractivity contribution in [2.24, 2.45) is 4.99 Å². The van der Waals surface area contributed by atoms with Crippen LogP contribution < -0.4 is 0 Å². The molecule has 1 atom stereocenters. The second-order valence-corrected chi connectivity index (χ2v) is 6.04. The van der Waals surface area contributed by atoms with Gasteiger partial charge in [0, 0.05) is 6.54 Å². The minimum Gasteiger partial charge on any atom is -0.376 e. The van der Waals surface area contributed by atoms with Crippen molar-refractivity contribution in [3.8, 4) is 6.07 Å². The lowest BCUT2D eigenvalue weighted by molar-refractivity contribution is 0.0359. The highest BCUT2D eigenvalue weighted by Crippen LogP contribution is 2.22. The molecule has 1 fully saturated rings. The van der Waals surface area contributed by atoms with Crippen LogP contribution >= 0.6 is 0 Å². The third kappa shape index (κ3) is 2.99. The number of aliphatic imine (C=N–C) groups is 1. The van der Waals surface area contributed by atoms with Gasteiger partial charge in [0.2, 0.25) is 16.1 Å². The van der Waals surface area contributed by atoms with Gasteiger partial charge in [0.15, 0.2) is 6.17 Å². The molecule has 110 valence electrons. The Hall–Kier alpha value is -2.11. The van der Waals surface area contributed by atoms with Crippen LogP contribution in [0.3, 0.4) is 0 Å². The van der Waals surface area contributed by atoms with Gasteiger partial charge < -0.3 is 4.74 Å². The number of halogens is 1. The number of hydrogen-bond donors (Lipinski definition) is 0. The summed E-state index contributed by atoms with van der Waals surface area (Å²) in [4.78, 5) is 13.5. The summed E-state index contributed by atoms with van der Waals surface area (Å²) in [6.07, 6.45) is 0.282. The number of benzene rings is 1. The molecule has 0 saturated carbocycles. The Labute approximate surface area is 120 Å². The lowest BCUT2D eigenvalue weighted by atomic mass is 10.2. The van der Waals surface area contributed by atoms with Gasteiger partial charge in [-0.25, -0.2) is 17.6 Å². The van der Waals surface area contributed by atoms with Gasteiger partial charge in [0.05, 0.1) is 23.7 Å². The number of nitrogens with zero attached hydrogens (tertiary/aromatic N) is 3. The largest absolute Gasteiger partial charge is 0.376 e. The van der Waals surface area contributed by atoms with E-state index >= 15 is 0 Å². The van der Waals surface area contributed by atoms with E-state index in [1.807, 2.05) is 0 Å². The van der Waals surface area contributed by atoms with Crippen LogP contribution in [0.15, 0.2) is 28.1 Å². The first-order valence-electron chi connectivity index (χ1n) is 5.87. The normalized spacial score (nSPS) is 19.5. The Kier molecular flexibility index (Phi) is 4.45. The maximum Gasteiger partial charge on any atom is 0.245 e. The van der Waals surface area contributed by atoms with Crippen molar-refractivity contribution in [2.75, 3.05) is 19.8 Å².